The van der Waals surface area contributed by atoms with Gasteiger partial charge in [-0.1, -0.05) is 12.1 Å². The largest absolute Gasteiger partial charge is 0.435 e. The zero-order valence-corrected chi connectivity index (χ0v) is 10.6. The van der Waals surface area contributed by atoms with Crippen LogP contribution in [0.1, 0.15) is 0 Å². The summed E-state index contributed by atoms with van der Waals surface area (Å²) in [4.78, 5) is 8.00. The second kappa shape index (κ2) is 4.47. The third-order valence-corrected chi connectivity index (χ3v) is 2.74. The van der Waals surface area contributed by atoms with Crippen LogP contribution in [-0.4, -0.2) is 19.7 Å². The first-order chi connectivity index (χ1) is 9.15. The maximum absolute atomic E-state index is 13.6. The highest BCUT2D eigenvalue weighted by atomic mass is 35.5. The van der Waals surface area contributed by atoms with E-state index in [1.165, 1.54) is 16.8 Å². The van der Waals surface area contributed by atoms with E-state index in [-0.39, 0.29) is 16.9 Å². The molecule has 7 heteroatoms. The lowest BCUT2D eigenvalue weighted by Crippen LogP contribution is -1.96. The molecule has 2 heterocycles. The minimum atomic E-state index is -0.478. The molecule has 0 saturated carbocycles. The molecular weight excluding hydrogens is 271 g/mol. The summed E-state index contributed by atoms with van der Waals surface area (Å²) in [5.74, 6) is -0.232. The molecule has 0 spiro atoms. The van der Waals surface area contributed by atoms with Gasteiger partial charge >= 0.3 is 0 Å². The van der Waals surface area contributed by atoms with Gasteiger partial charge in [0.15, 0.2) is 17.2 Å². The number of aromatic nitrogens is 4. The van der Waals surface area contributed by atoms with Crippen LogP contribution in [0.3, 0.4) is 0 Å². The van der Waals surface area contributed by atoms with Crippen molar-refractivity contribution in [2.45, 2.75) is 0 Å². The average Bonchev–Trinajstić information content (AvgIpc) is 2.74. The molecular formula is C12H8ClFN4O. The van der Waals surface area contributed by atoms with Gasteiger partial charge in [0.1, 0.15) is 5.39 Å². The van der Waals surface area contributed by atoms with E-state index in [1.54, 1.807) is 25.4 Å². The van der Waals surface area contributed by atoms with Crippen LogP contribution in [0.4, 0.5) is 4.39 Å². The minimum absolute atomic E-state index is 0.0161. The van der Waals surface area contributed by atoms with Crippen molar-refractivity contribution in [3.05, 3.63) is 41.6 Å². The standard InChI is InChI=1S/C12H8ClFN4O/c1-18-10-7(6-15-18)11(17-12(13)16-10)19-9-5-3-2-4-8(9)14/h2-6H,1H3. The van der Waals surface area contributed by atoms with Crippen LogP contribution < -0.4 is 4.74 Å². The quantitative estimate of drug-likeness (QED) is 0.676. The summed E-state index contributed by atoms with van der Waals surface area (Å²) in [6.07, 6.45) is 1.54. The second-order valence-corrected chi connectivity index (χ2v) is 4.17. The smallest absolute Gasteiger partial charge is 0.234 e. The molecule has 0 aliphatic heterocycles. The highest BCUT2D eigenvalue weighted by molar-refractivity contribution is 6.28. The summed E-state index contributed by atoms with van der Waals surface area (Å²) in [5.41, 5.74) is 0.520. The Morgan fingerprint density at radius 3 is 2.84 bits per heavy atom. The van der Waals surface area contributed by atoms with E-state index in [4.69, 9.17) is 16.3 Å². The lowest BCUT2D eigenvalue weighted by atomic mass is 10.3. The third kappa shape index (κ3) is 2.10. The molecule has 0 amide bonds. The lowest BCUT2D eigenvalue weighted by Gasteiger charge is -2.06. The van der Waals surface area contributed by atoms with Crippen molar-refractivity contribution in [3.8, 4) is 11.6 Å². The molecule has 1 aromatic carbocycles. The maximum atomic E-state index is 13.6. The summed E-state index contributed by atoms with van der Waals surface area (Å²) in [6, 6.07) is 6.06. The van der Waals surface area contributed by atoms with Crippen molar-refractivity contribution in [2.75, 3.05) is 0 Å². The van der Waals surface area contributed by atoms with Crippen LogP contribution in [0.25, 0.3) is 11.0 Å². The van der Waals surface area contributed by atoms with E-state index in [0.29, 0.717) is 11.0 Å². The van der Waals surface area contributed by atoms with Crippen LogP contribution >= 0.6 is 11.6 Å². The Labute approximate surface area is 112 Å². The molecule has 0 unspecified atom stereocenters. The molecule has 0 fully saturated rings. The Balaban J connectivity index is 2.13. The maximum Gasteiger partial charge on any atom is 0.234 e. The minimum Gasteiger partial charge on any atom is -0.435 e. The fourth-order valence-corrected chi connectivity index (χ4v) is 1.84. The number of ether oxygens (including phenoxy) is 1. The van der Waals surface area contributed by atoms with Crippen molar-refractivity contribution in [1.29, 1.82) is 0 Å². The number of hydrogen-bond acceptors (Lipinski definition) is 4. The SMILES string of the molecule is Cn1ncc2c(Oc3ccccc3F)nc(Cl)nc21. The number of benzene rings is 1. The number of nitrogens with zero attached hydrogens (tertiary/aromatic N) is 4. The molecule has 0 radical (unpaired) electrons. The van der Waals surface area contributed by atoms with Gasteiger partial charge in [-0.15, -0.1) is 0 Å². The molecule has 3 aromatic rings. The molecule has 0 N–H and O–H groups in total. The molecule has 0 aliphatic rings. The lowest BCUT2D eigenvalue weighted by molar-refractivity contribution is 0.431. The zero-order valence-electron chi connectivity index (χ0n) is 9.84. The first-order valence-corrected chi connectivity index (χ1v) is 5.80. The Bertz CT molecular complexity index is 759. The first kappa shape index (κ1) is 11.9. The molecule has 0 atom stereocenters. The van der Waals surface area contributed by atoms with Crippen LogP contribution in [0, 0.1) is 5.82 Å². The van der Waals surface area contributed by atoms with Gasteiger partial charge in [-0.05, 0) is 23.7 Å². The predicted molar refractivity (Wildman–Crippen MR) is 67.8 cm³/mol. The van der Waals surface area contributed by atoms with E-state index in [1.807, 2.05) is 0 Å². The number of fused-ring (bicyclic) bond motifs is 1. The van der Waals surface area contributed by atoms with Crippen molar-refractivity contribution in [2.24, 2.45) is 7.05 Å². The Morgan fingerprint density at radius 1 is 1.26 bits per heavy atom. The molecule has 2 aromatic heterocycles. The fourth-order valence-electron chi connectivity index (χ4n) is 1.68. The number of para-hydroxylation sites is 1. The zero-order chi connectivity index (χ0) is 13.4. The van der Waals surface area contributed by atoms with E-state index in [2.05, 4.69) is 15.1 Å². The van der Waals surface area contributed by atoms with E-state index >= 15 is 0 Å². The van der Waals surface area contributed by atoms with Gasteiger partial charge in [0.05, 0.1) is 6.20 Å². The third-order valence-electron chi connectivity index (χ3n) is 2.57. The summed E-state index contributed by atoms with van der Waals surface area (Å²) < 4.78 is 20.6. The van der Waals surface area contributed by atoms with Crippen molar-refractivity contribution in [3.63, 3.8) is 0 Å². The average molecular weight is 279 g/mol. The van der Waals surface area contributed by atoms with Crippen LogP contribution in [-0.2, 0) is 7.05 Å². The Hall–Kier alpha value is -2.21. The fraction of sp³-hybridized carbons (Fsp3) is 0.0833. The van der Waals surface area contributed by atoms with Gasteiger partial charge < -0.3 is 4.74 Å². The summed E-state index contributed by atoms with van der Waals surface area (Å²) in [6.45, 7) is 0. The molecule has 0 aliphatic carbocycles. The van der Waals surface area contributed by atoms with E-state index < -0.39 is 5.82 Å². The van der Waals surface area contributed by atoms with Gasteiger partial charge in [-0.2, -0.15) is 15.1 Å². The molecule has 19 heavy (non-hydrogen) atoms. The summed E-state index contributed by atoms with van der Waals surface area (Å²) in [5, 5.41) is 4.62. The van der Waals surface area contributed by atoms with Crippen molar-refractivity contribution in [1.82, 2.24) is 19.7 Å². The molecule has 96 valence electrons. The Kier molecular flexibility index (Phi) is 2.79. The van der Waals surface area contributed by atoms with Gasteiger partial charge in [-0.3, -0.25) is 4.68 Å². The number of rotatable bonds is 2. The normalized spacial score (nSPS) is 10.9. The number of aryl methyl sites for hydroxylation is 1. The topological polar surface area (TPSA) is 52.8 Å². The highest BCUT2D eigenvalue weighted by Gasteiger charge is 2.14. The van der Waals surface area contributed by atoms with Gasteiger partial charge in [0, 0.05) is 7.05 Å². The predicted octanol–water partition coefficient (Wildman–Crippen LogP) is 2.95. The van der Waals surface area contributed by atoms with Gasteiger partial charge in [0.2, 0.25) is 11.2 Å². The molecule has 0 bridgehead atoms. The molecule has 0 saturated heterocycles. The summed E-state index contributed by atoms with van der Waals surface area (Å²) >= 11 is 5.82. The van der Waals surface area contributed by atoms with Gasteiger partial charge in [0.25, 0.3) is 0 Å². The van der Waals surface area contributed by atoms with Crippen molar-refractivity contribution >= 4 is 22.6 Å². The van der Waals surface area contributed by atoms with E-state index in [0.717, 1.165) is 0 Å². The van der Waals surface area contributed by atoms with Gasteiger partial charge in [-0.25, -0.2) is 4.39 Å². The van der Waals surface area contributed by atoms with Crippen LogP contribution in [0.5, 0.6) is 11.6 Å². The Morgan fingerprint density at radius 2 is 2.05 bits per heavy atom. The van der Waals surface area contributed by atoms with Crippen molar-refractivity contribution < 1.29 is 9.13 Å². The van der Waals surface area contributed by atoms with Crippen LogP contribution in [0.15, 0.2) is 30.5 Å². The highest BCUT2D eigenvalue weighted by Crippen LogP contribution is 2.29. The number of hydrogen-bond donors (Lipinski definition) is 0. The first-order valence-electron chi connectivity index (χ1n) is 5.43. The summed E-state index contributed by atoms with van der Waals surface area (Å²) in [7, 11) is 1.72. The molecule has 5 nitrogen and oxygen atoms in total. The number of halogens is 2. The second-order valence-electron chi connectivity index (χ2n) is 3.84. The monoisotopic (exact) mass is 278 g/mol. The van der Waals surface area contributed by atoms with Crippen LogP contribution in [0.2, 0.25) is 5.28 Å². The van der Waals surface area contributed by atoms with E-state index in [9.17, 15) is 4.39 Å². The molecule has 3 rings (SSSR count).